The second kappa shape index (κ2) is 10.5. The Morgan fingerprint density at radius 3 is 2.61 bits per heavy atom. The SMILES string of the molecule is CCOC(=O)N[C@H](C(=O)N[C@@H]1CC(=O)N(CCOc2ccccc2)C1)C(C)C. The van der Waals surface area contributed by atoms with Crippen LogP contribution in [0.4, 0.5) is 4.79 Å². The number of carbonyl (C=O) groups is 3. The summed E-state index contributed by atoms with van der Waals surface area (Å²) in [5.74, 6) is 0.297. The topological polar surface area (TPSA) is 97.0 Å². The molecule has 154 valence electrons. The van der Waals surface area contributed by atoms with E-state index in [0.29, 0.717) is 19.7 Å². The normalized spacial score (nSPS) is 17.4. The van der Waals surface area contributed by atoms with Gasteiger partial charge < -0.3 is 25.0 Å². The summed E-state index contributed by atoms with van der Waals surface area (Å²) in [5, 5.41) is 5.44. The maximum atomic E-state index is 12.6. The molecule has 0 radical (unpaired) electrons. The second-order valence-corrected chi connectivity index (χ2v) is 7.00. The van der Waals surface area contributed by atoms with Crippen molar-refractivity contribution in [2.75, 3.05) is 26.3 Å². The lowest BCUT2D eigenvalue weighted by molar-refractivity contribution is -0.128. The van der Waals surface area contributed by atoms with Gasteiger partial charge in [0.1, 0.15) is 18.4 Å². The molecule has 1 aromatic rings. The van der Waals surface area contributed by atoms with Crippen LogP contribution >= 0.6 is 0 Å². The Morgan fingerprint density at radius 2 is 1.96 bits per heavy atom. The number of amides is 3. The fourth-order valence-corrected chi connectivity index (χ4v) is 3.00. The van der Waals surface area contributed by atoms with E-state index in [4.69, 9.17) is 9.47 Å². The molecular weight excluding hydrogens is 362 g/mol. The fraction of sp³-hybridized carbons (Fsp3) is 0.550. The zero-order valence-corrected chi connectivity index (χ0v) is 16.6. The highest BCUT2D eigenvalue weighted by atomic mass is 16.5. The molecule has 2 rings (SSSR count). The smallest absolute Gasteiger partial charge is 0.407 e. The number of nitrogens with one attached hydrogen (secondary N) is 2. The van der Waals surface area contributed by atoms with Gasteiger partial charge in [-0.05, 0) is 25.0 Å². The number of carbonyl (C=O) groups excluding carboxylic acids is 3. The summed E-state index contributed by atoms with van der Waals surface area (Å²) in [6.07, 6.45) is -0.389. The molecule has 2 atom stereocenters. The molecule has 1 saturated heterocycles. The van der Waals surface area contributed by atoms with Crippen LogP contribution in [0.5, 0.6) is 5.75 Å². The van der Waals surface area contributed by atoms with Crippen molar-refractivity contribution in [3.63, 3.8) is 0 Å². The number of nitrogens with zero attached hydrogens (tertiary/aromatic N) is 1. The van der Waals surface area contributed by atoms with Crippen LogP contribution in [0.25, 0.3) is 0 Å². The molecule has 1 aliphatic rings. The van der Waals surface area contributed by atoms with E-state index in [-0.39, 0.29) is 36.8 Å². The van der Waals surface area contributed by atoms with Gasteiger partial charge in [-0.25, -0.2) is 4.79 Å². The summed E-state index contributed by atoms with van der Waals surface area (Å²) < 4.78 is 10.5. The number of hydrogen-bond acceptors (Lipinski definition) is 5. The van der Waals surface area contributed by atoms with Gasteiger partial charge in [-0.15, -0.1) is 0 Å². The quantitative estimate of drug-likeness (QED) is 0.666. The molecule has 1 heterocycles. The van der Waals surface area contributed by atoms with E-state index in [1.54, 1.807) is 11.8 Å². The molecule has 1 aromatic carbocycles. The van der Waals surface area contributed by atoms with Crippen LogP contribution in [0.15, 0.2) is 30.3 Å². The highest BCUT2D eigenvalue weighted by Gasteiger charge is 2.33. The minimum absolute atomic E-state index is 0.0265. The van der Waals surface area contributed by atoms with Gasteiger partial charge in [0.2, 0.25) is 11.8 Å². The highest BCUT2D eigenvalue weighted by Crippen LogP contribution is 2.13. The zero-order chi connectivity index (χ0) is 20.5. The second-order valence-electron chi connectivity index (χ2n) is 7.00. The molecule has 0 saturated carbocycles. The Bertz CT molecular complexity index is 665. The molecule has 28 heavy (non-hydrogen) atoms. The summed E-state index contributed by atoms with van der Waals surface area (Å²) in [6, 6.07) is 8.39. The van der Waals surface area contributed by atoms with Gasteiger partial charge >= 0.3 is 6.09 Å². The zero-order valence-electron chi connectivity index (χ0n) is 16.6. The molecule has 0 aromatic heterocycles. The summed E-state index contributed by atoms with van der Waals surface area (Å²) >= 11 is 0. The number of likely N-dealkylation sites (tertiary alicyclic amines) is 1. The molecule has 1 aliphatic heterocycles. The van der Waals surface area contributed by atoms with Gasteiger partial charge in [0.15, 0.2) is 0 Å². The third kappa shape index (κ3) is 6.44. The van der Waals surface area contributed by atoms with Crippen molar-refractivity contribution in [3.05, 3.63) is 30.3 Å². The Kier molecular flexibility index (Phi) is 8.10. The lowest BCUT2D eigenvalue weighted by Gasteiger charge is -2.23. The average molecular weight is 391 g/mol. The van der Waals surface area contributed by atoms with Crippen LogP contribution < -0.4 is 15.4 Å². The minimum Gasteiger partial charge on any atom is -0.492 e. The number of ether oxygens (including phenoxy) is 2. The molecule has 8 nitrogen and oxygen atoms in total. The predicted octanol–water partition coefficient (Wildman–Crippen LogP) is 1.55. The summed E-state index contributed by atoms with van der Waals surface area (Å²) in [7, 11) is 0. The van der Waals surface area contributed by atoms with Crippen LogP contribution in [0.3, 0.4) is 0 Å². The van der Waals surface area contributed by atoms with E-state index in [0.717, 1.165) is 5.75 Å². The first-order valence-electron chi connectivity index (χ1n) is 9.60. The molecule has 0 bridgehead atoms. The average Bonchev–Trinajstić information content (AvgIpc) is 2.99. The van der Waals surface area contributed by atoms with Crippen molar-refractivity contribution in [1.29, 1.82) is 0 Å². The molecule has 8 heteroatoms. The lowest BCUT2D eigenvalue weighted by Crippen LogP contribution is -2.52. The van der Waals surface area contributed by atoms with E-state index < -0.39 is 12.1 Å². The highest BCUT2D eigenvalue weighted by molar-refractivity contribution is 5.87. The van der Waals surface area contributed by atoms with Crippen LogP contribution in [-0.4, -0.2) is 61.2 Å². The molecule has 0 unspecified atom stereocenters. The third-order valence-electron chi connectivity index (χ3n) is 4.43. The van der Waals surface area contributed by atoms with Crippen molar-refractivity contribution >= 4 is 17.9 Å². The van der Waals surface area contributed by atoms with Gasteiger partial charge in [-0.1, -0.05) is 32.0 Å². The first-order chi connectivity index (χ1) is 13.4. The van der Waals surface area contributed by atoms with Crippen LogP contribution in [-0.2, 0) is 14.3 Å². The van der Waals surface area contributed by atoms with Crippen LogP contribution in [0.2, 0.25) is 0 Å². The number of alkyl carbamates (subject to hydrolysis) is 1. The van der Waals surface area contributed by atoms with Crippen molar-refractivity contribution in [2.24, 2.45) is 5.92 Å². The maximum absolute atomic E-state index is 12.6. The molecule has 1 fully saturated rings. The number of benzene rings is 1. The van der Waals surface area contributed by atoms with Gasteiger partial charge in [-0.3, -0.25) is 9.59 Å². The largest absolute Gasteiger partial charge is 0.492 e. The fourth-order valence-electron chi connectivity index (χ4n) is 3.00. The Hall–Kier alpha value is -2.77. The lowest BCUT2D eigenvalue weighted by atomic mass is 10.0. The van der Waals surface area contributed by atoms with Crippen molar-refractivity contribution < 1.29 is 23.9 Å². The van der Waals surface area contributed by atoms with E-state index in [9.17, 15) is 14.4 Å². The van der Waals surface area contributed by atoms with Crippen molar-refractivity contribution in [3.8, 4) is 5.75 Å². The first kappa shape index (κ1) is 21.5. The van der Waals surface area contributed by atoms with Crippen molar-refractivity contribution in [2.45, 2.75) is 39.3 Å². The number of rotatable bonds is 9. The van der Waals surface area contributed by atoms with Gasteiger partial charge in [0.05, 0.1) is 19.2 Å². The van der Waals surface area contributed by atoms with E-state index in [2.05, 4.69) is 10.6 Å². The van der Waals surface area contributed by atoms with Crippen LogP contribution in [0, 0.1) is 5.92 Å². The van der Waals surface area contributed by atoms with Crippen LogP contribution in [0.1, 0.15) is 27.2 Å². The summed E-state index contributed by atoms with van der Waals surface area (Å²) in [4.78, 5) is 38.1. The van der Waals surface area contributed by atoms with Gasteiger partial charge in [-0.2, -0.15) is 0 Å². The minimum atomic E-state index is -0.718. The molecular formula is C20H29N3O5. The van der Waals surface area contributed by atoms with E-state index in [1.165, 1.54) is 0 Å². The standard InChI is InChI=1S/C20H29N3O5/c1-4-27-20(26)22-18(14(2)3)19(25)21-15-12-17(24)23(13-15)10-11-28-16-8-6-5-7-9-16/h5-9,14-15,18H,4,10-13H2,1-3H3,(H,21,25)(H,22,26)/t15-,18+/m1/s1. The van der Waals surface area contributed by atoms with Gasteiger partial charge in [0, 0.05) is 13.0 Å². The number of para-hydroxylation sites is 1. The molecule has 0 aliphatic carbocycles. The van der Waals surface area contributed by atoms with E-state index >= 15 is 0 Å². The Labute approximate surface area is 165 Å². The molecule has 0 spiro atoms. The maximum Gasteiger partial charge on any atom is 0.407 e. The predicted molar refractivity (Wildman–Crippen MR) is 104 cm³/mol. The number of hydrogen-bond donors (Lipinski definition) is 2. The van der Waals surface area contributed by atoms with Crippen molar-refractivity contribution in [1.82, 2.24) is 15.5 Å². The molecule has 2 N–H and O–H groups in total. The van der Waals surface area contributed by atoms with E-state index in [1.807, 2.05) is 44.2 Å². The monoisotopic (exact) mass is 391 g/mol. The summed E-state index contributed by atoms with van der Waals surface area (Å²) in [6.45, 7) is 6.86. The summed E-state index contributed by atoms with van der Waals surface area (Å²) in [5.41, 5.74) is 0. The first-order valence-corrected chi connectivity index (χ1v) is 9.60. The molecule has 3 amide bonds. The third-order valence-corrected chi connectivity index (χ3v) is 4.43. The van der Waals surface area contributed by atoms with Gasteiger partial charge in [0.25, 0.3) is 0 Å². The Morgan fingerprint density at radius 1 is 1.25 bits per heavy atom. The Balaban J connectivity index is 1.81.